The molecule has 1 aromatic carbocycles. The van der Waals surface area contributed by atoms with Crippen LogP contribution < -0.4 is 0 Å². The van der Waals surface area contributed by atoms with Crippen molar-refractivity contribution in [2.75, 3.05) is 26.2 Å². The first-order chi connectivity index (χ1) is 12.7. The van der Waals surface area contributed by atoms with Crippen LogP contribution in [0.3, 0.4) is 0 Å². The average Bonchev–Trinajstić information content (AvgIpc) is 3.31. The molecule has 0 radical (unpaired) electrons. The molecule has 2 amide bonds. The lowest BCUT2D eigenvalue weighted by Crippen LogP contribution is -2.45. The van der Waals surface area contributed by atoms with Crippen LogP contribution in [0.1, 0.15) is 18.4 Å². The lowest BCUT2D eigenvalue weighted by Gasteiger charge is -2.25. The highest BCUT2D eigenvalue weighted by atomic mass is 16.6. The van der Waals surface area contributed by atoms with Gasteiger partial charge in [-0.3, -0.25) is 9.69 Å². The number of nitrogens with zero attached hydrogens (tertiary/aromatic N) is 2. The van der Waals surface area contributed by atoms with Crippen LogP contribution in [-0.2, 0) is 16.0 Å². The van der Waals surface area contributed by atoms with Crippen LogP contribution in [0.5, 0.6) is 0 Å². The van der Waals surface area contributed by atoms with Crippen LogP contribution in [0.4, 0.5) is 4.79 Å². The molecule has 0 aromatic heterocycles. The van der Waals surface area contributed by atoms with E-state index in [1.54, 1.807) is 0 Å². The summed E-state index contributed by atoms with van der Waals surface area (Å²) in [5.41, 5.74) is 1.12. The lowest BCUT2D eigenvalue weighted by atomic mass is 9.90. The zero-order valence-electron chi connectivity index (χ0n) is 15.0. The Morgan fingerprint density at radius 2 is 2.00 bits per heavy atom. The maximum Gasteiger partial charge on any atom is 0.416 e. The van der Waals surface area contributed by atoms with Gasteiger partial charge in [-0.1, -0.05) is 36.4 Å². The zero-order chi connectivity index (χ0) is 18.1. The first-order valence-corrected chi connectivity index (χ1v) is 9.54. The molecule has 2 heterocycles. The number of ether oxygens (including phenoxy) is 1. The standard InChI is InChI=1S/C21H26N2O3/c1-2-10-22-12-18(16-8-9-16)19(13-22)20(24)23-17(14-26-21(23)25)11-15-6-4-3-5-7-15/h2-7,16-19H,1,8-14H2/t17-,18+,19+/m0/s1. The van der Waals surface area contributed by atoms with E-state index in [0.717, 1.165) is 18.7 Å². The van der Waals surface area contributed by atoms with Crippen molar-refractivity contribution in [1.82, 2.24) is 9.80 Å². The normalized spacial score (nSPS) is 29.0. The zero-order valence-corrected chi connectivity index (χ0v) is 15.0. The second-order valence-electron chi connectivity index (χ2n) is 7.74. The van der Waals surface area contributed by atoms with Crippen molar-refractivity contribution in [2.45, 2.75) is 25.3 Å². The summed E-state index contributed by atoms with van der Waals surface area (Å²) in [6.45, 7) is 6.55. The molecule has 0 unspecified atom stereocenters. The van der Waals surface area contributed by atoms with Crippen molar-refractivity contribution in [3.05, 3.63) is 48.6 Å². The molecule has 1 saturated carbocycles. The summed E-state index contributed by atoms with van der Waals surface area (Å²) in [5, 5.41) is 0. The fraction of sp³-hybridized carbons (Fsp3) is 0.524. The molecule has 0 spiro atoms. The first-order valence-electron chi connectivity index (χ1n) is 9.54. The summed E-state index contributed by atoms with van der Waals surface area (Å²) in [4.78, 5) is 29.3. The fourth-order valence-corrected chi connectivity index (χ4v) is 4.45. The third-order valence-corrected chi connectivity index (χ3v) is 5.89. The fourth-order valence-electron chi connectivity index (χ4n) is 4.45. The van der Waals surface area contributed by atoms with Gasteiger partial charge in [0.15, 0.2) is 0 Å². The molecule has 138 valence electrons. The number of likely N-dealkylation sites (tertiary alicyclic amines) is 1. The molecule has 3 fully saturated rings. The number of cyclic esters (lactones) is 1. The van der Waals surface area contributed by atoms with E-state index in [4.69, 9.17) is 4.74 Å². The number of carbonyl (C=O) groups excluding carboxylic acids is 2. The first kappa shape index (κ1) is 17.3. The Balaban J connectivity index is 1.50. The predicted molar refractivity (Wildman–Crippen MR) is 98.5 cm³/mol. The average molecular weight is 354 g/mol. The summed E-state index contributed by atoms with van der Waals surface area (Å²) in [6.07, 6.45) is 4.46. The van der Waals surface area contributed by atoms with Crippen LogP contribution in [0.2, 0.25) is 0 Å². The predicted octanol–water partition coefficient (Wildman–Crippen LogP) is 2.72. The summed E-state index contributed by atoms with van der Waals surface area (Å²) in [5.74, 6) is 0.835. The Morgan fingerprint density at radius 1 is 1.23 bits per heavy atom. The number of imide groups is 1. The molecular weight excluding hydrogens is 328 g/mol. The van der Waals surface area contributed by atoms with Gasteiger partial charge < -0.3 is 4.74 Å². The van der Waals surface area contributed by atoms with Crippen LogP contribution in [0, 0.1) is 17.8 Å². The summed E-state index contributed by atoms with van der Waals surface area (Å²) in [6, 6.07) is 9.78. The third-order valence-electron chi connectivity index (χ3n) is 5.89. The van der Waals surface area contributed by atoms with Gasteiger partial charge in [0.2, 0.25) is 5.91 Å². The Kier molecular flexibility index (Phi) is 4.81. The minimum atomic E-state index is -0.479. The van der Waals surface area contributed by atoms with Gasteiger partial charge >= 0.3 is 6.09 Å². The minimum absolute atomic E-state index is 0.0445. The highest BCUT2D eigenvalue weighted by Gasteiger charge is 2.49. The molecule has 5 nitrogen and oxygen atoms in total. The molecule has 4 rings (SSSR count). The van der Waals surface area contributed by atoms with Gasteiger partial charge in [-0.2, -0.15) is 0 Å². The quantitative estimate of drug-likeness (QED) is 0.737. The van der Waals surface area contributed by atoms with Crippen molar-refractivity contribution in [1.29, 1.82) is 0 Å². The van der Waals surface area contributed by atoms with Gasteiger partial charge in [-0.15, -0.1) is 6.58 Å². The number of hydrogen-bond acceptors (Lipinski definition) is 4. The molecule has 0 bridgehead atoms. The van der Waals surface area contributed by atoms with E-state index in [-0.39, 0.29) is 24.5 Å². The highest BCUT2D eigenvalue weighted by molar-refractivity contribution is 5.95. The lowest BCUT2D eigenvalue weighted by molar-refractivity contribution is -0.134. The third kappa shape index (κ3) is 3.40. The van der Waals surface area contributed by atoms with Crippen LogP contribution in [0.25, 0.3) is 0 Å². The Labute approximate surface area is 154 Å². The van der Waals surface area contributed by atoms with Crippen molar-refractivity contribution >= 4 is 12.0 Å². The van der Waals surface area contributed by atoms with E-state index in [9.17, 15) is 9.59 Å². The van der Waals surface area contributed by atoms with E-state index in [1.807, 2.05) is 36.4 Å². The van der Waals surface area contributed by atoms with Crippen LogP contribution >= 0.6 is 0 Å². The van der Waals surface area contributed by atoms with Crippen LogP contribution in [0.15, 0.2) is 43.0 Å². The van der Waals surface area contributed by atoms with E-state index < -0.39 is 6.09 Å². The summed E-state index contributed by atoms with van der Waals surface area (Å²) < 4.78 is 5.25. The molecule has 3 aliphatic rings. The van der Waals surface area contributed by atoms with Gasteiger partial charge in [0.25, 0.3) is 0 Å². The maximum atomic E-state index is 13.3. The smallest absolute Gasteiger partial charge is 0.416 e. The van der Waals surface area contributed by atoms with Gasteiger partial charge in [-0.05, 0) is 36.7 Å². The van der Waals surface area contributed by atoms with E-state index in [2.05, 4.69) is 11.5 Å². The molecule has 1 aromatic rings. The number of rotatable bonds is 6. The summed E-state index contributed by atoms with van der Waals surface area (Å²) >= 11 is 0. The van der Waals surface area contributed by atoms with Gasteiger partial charge in [0.05, 0.1) is 12.0 Å². The molecule has 1 aliphatic carbocycles. The van der Waals surface area contributed by atoms with Crippen molar-refractivity contribution in [3.8, 4) is 0 Å². The topological polar surface area (TPSA) is 49.9 Å². The second kappa shape index (κ2) is 7.23. The van der Waals surface area contributed by atoms with E-state index in [1.165, 1.54) is 17.7 Å². The number of hydrogen-bond donors (Lipinski definition) is 0. The van der Waals surface area contributed by atoms with Crippen molar-refractivity contribution in [2.24, 2.45) is 17.8 Å². The van der Waals surface area contributed by atoms with Gasteiger partial charge in [0.1, 0.15) is 6.61 Å². The molecule has 3 atom stereocenters. The maximum absolute atomic E-state index is 13.3. The monoisotopic (exact) mass is 354 g/mol. The molecule has 0 N–H and O–H groups in total. The number of benzene rings is 1. The Morgan fingerprint density at radius 3 is 2.69 bits per heavy atom. The van der Waals surface area contributed by atoms with Crippen LogP contribution in [-0.4, -0.2) is 54.1 Å². The largest absolute Gasteiger partial charge is 0.447 e. The van der Waals surface area contributed by atoms with Gasteiger partial charge in [-0.25, -0.2) is 9.69 Å². The second-order valence-corrected chi connectivity index (χ2v) is 7.74. The van der Waals surface area contributed by atoms with E-state index >= 15 is 0 Å². The highest BCUT2D eigenvalue weighted by Crippen LogP contribution is 2.44. The van der Waals surface area contributed by atoms with Gasteiger partial charge in [0, 0.05) is 19.6 Å². The Hall–Kier alpha value is -2.14. The molecule has 2 aliphatic heterocycles. The SMILES string of the molecule is C=CCN1C[C@H](C2CC2)[C@H](C(=O)N2C(=O)OC[C@@H]2Cc2ccccc2)C1. The number of carbonyl (C=O) groups is 2. The Bertz CT molecular complexity index is 686. The van der Waals surface area contributed by atoms with Crippen molar-refractivity contribution in [3.63, 3.8) is 0 Å². The van der Waals surface area contributed by atoms with E-state index in [0.29, 0.717) is 24.8 Å². The van der Waals surface area contributed by atoms with Crippen molar-refractivity contribution < 1.29 is 14.3 Å². The molecule has 5 heteroatoms. The molecule has 26 heavy (non-hydrogen) atoms. The molecule has 2 saturated heterocycles. The molecular formula is C21H26N2O3. The minimum Gasteiger partial charge on any atom is -0.447 e. The number of amides is 2. The summed E-state index contributed by atoms with van der Waals surface area (Å²) in [7, 11) is 0.